The molecule has 1 unspecified atom stereocenters. The van der Waals surface area contributed by atoms with E-state index in [9.17, 15) is 8.42 Å². The van der Waals surface area contributed by atoms with Crippen LogP contribution in [-0.4, -0.2) is 24.2 Å². The Morgan fingerprint density at radius 1 is 1.32 bits per heavy atom. The lowest BCUT2D eigenvalue weighted by Gasteiger charge is -2.21. The zero-order valence-electron chi connectivity index (χ0n) is 11.5. The van der Waals surface area contributed by atoms with Crippen LogP contribution >= 0.6 is 27.5 Å². The number of alkyl halides is 1. The van der Waals surface area contributed by atoms with Crippen molar-refractivity contribution in [1.29, 1.82) is 0 Å². The molecule has 0 heterocycles. The van der Waals surface area contributed by atoms with Gasteiger partial charge in [-0.1, -0.05) is 39.7 Å². The van der Waals surface area contributed by atoms with E-state index in [1.165, 1.54) is 0 Å². The number of sulfone groups is 1. The summed E-state index contributed by atoms with van der Waals surface area (Å²) in [6, 6.07) is 7.60. The second kappa shape index (κ2) is 6.59. The number of benzene rings is 1. The predicted molar refractivity (Wildman–Crippen MR) is 86.1 cm³/mol. The number of hydrogen-bond donors (Lipinski definition) is 0. The van der Waals surface area contributed by atoms with E-state index in [2.05, 4.69) is 15.9 Å². The first kappa shape index (κ1) is 17.0. The second-order valence-electron chi connectivity index (χ2n) is 5.63. The minimum absolute atomic E-state index is 0.163. The summed E-state index contributed by atoms with van der Waals surface area (Å²) in [5, 5.41) is 1.41. The highest BCUT2D eigenvalue weighted by molar-refractivity contribution is 9.09. The van der Waals surface area contributed by atoms with Crippen LogP contribution in [0, 0.1) is 0 Å². The molecule has 1 aromatic rings. The topological polar surface area (TPSA) is 34.1 Å². The van der Waals surface area contributed by atoms with Crippen molar-refractivity contribution in [3.8, 4) is 0 Å². The largest absolute Gasteiger partial charge is 0.228 e. The molecule has 0 radical (unpaired) electrons. The Kier molecular flexibility index (Phi) is 5.90. The van der Waals surface area contributed by atoms with Crippen LogP contribution in [0.5, 0.6) is 0 Å². The SMILES string of the molecule is CC(C)(C)S(=O)(=O)CCC(CBr)c1cccc(Cl)c1. The fourth-order valence-corrected chi connectivity index (χ4v) is 3.80. The maximum Gasteiger partial charge on any atom is 0.155 e. The Balaban J connectivity index is 2.80. The zero-order chi connectivity index (χ0) is 14.7. The van der Waals surface area contributed by atoms with Crippen LogP contribution < -0.4 is 0 Å². The Morgan fingerprint density at radius 3 is 2.42 bits per heavy atom. The van der Waals surface area contributed by atoms with Crippen molar-refractivity contribution in [2.75, 3.05) is 11.1 Å². The lowest BCUT2D eigenvalue weighted by Crippen LogP contribution is -2.31. The summed E-state index contributed by atoms with van der Waals surface area (Å²) in [4.78, 5) is 0. The molecule has 0 amide bonds. The Morgan fingerprint density at radius 2 is 1.95 bits per heavy atom. The molecule has 0 bridgehead atoms. The number of rotatable bonds is 5. The maximum absolute atomic E-state index is 12.1. The monoisotopic (exact) mass is 366 g/mol. The third kappa shape index (κ3) is 4.76. The van der Waals surface area contributed by atoms with E-state index in [4.69, 9.17) is 11.6 Å². The minimum Gasteiger partial charge on any atom is -0.228 e. The summed E-state index contributed by atoms with van der Waals surface area (Å²) in [6.45, 7) is 5.22. The van der Waals surface area contributed by atoms with Crippen LogP contribution in [0.3, 0.4) is 0 Å². The summed E-state index contributed by atoms with van der Waals surface area (Å²) in [5.74, 6) is 0.357. The zero-order valence-corrected chi connectivity index (χ0v) is 14.6. The second-order valence-corrected chi connectivity index (χ2v) is 9.57. The van der Waals surface area contributed by atoms with Crippen LogP contribution in [0.15, 0.2) is 24.3 Å². The summed E-state index contributed by atoms with van der Waals surface area (Å²) >= 11 is 9.43. The van der Waals surface area contributed by atoms with Crippen LogP contribution in [-0.2, 0) is 9.84 Å². The lowest BCUT2D eigenvalue weighted by atomic mass is 9.99. The highest BCUT2D eigenvalue weighted by atomic mass is 79.9. The van der Waals surface area contributed by atoms with E-state index < -0.39 is 14.6 Å². The molecule has 0 aromatic heterocycles. The molecular weight excluding hydrogens is 348 g/mol. The first-order valence-electron chi connectivity index (χ1n) is 6.21. The van der Waals surface area contributed by atoms with Gasteiger partial charge in [0, 0.05) is 10.4 Å². The standard InChI is InChI=1S/C14H20BrClO2S/c1-14(2,3)19(17,18)8-7-12(10-15)11-5-4-6-13(16)9-11/h4-6,9,12H,7-8,10H2,1-3H3. The molecule has 19 heavy (non-hydrogen) atoms. The van der Waals surface area contributed by atoms with E-state index in [0.717, 1.165) is 10.9 Å². The highest BCUT2D eigenvalue weighted by Gasteiger charge is 2.29. The van der Waals surface area contributed by atoms with Gasteiger partial charge in [0.1, 0.15) is 0 Å². The van der Waals surface area contributed by atoms with Gasteiger partial charge in [-0.3, -0.25) is 0 Å². The maximum atomic E-state index is 12.1. The molecule has 0 saturated carbocycles. The van der Waals surface area contributed by atoms with E-state index in [1.807, 2.05) is 24.3 Å². The van der Waals surface area contributed by atoms with E-state index in [0.29, 0.717) is 11.4 Å². The first-order valence-corrected chi connectivity index (χ1v) is 9.36. The van der Waals surface area contributed by atoms with Crippen molar-refractivity contribution in [1.82, 2.24) is 0 Å². The average molecular weight is 368 g/mol. The van der Waals surface area contributed by atoms with Crippen molar-refractivity contribution >= 4 is 37.4 Å². The van der Waals surface area contributed by atoms with Crippen LogP contribution in [0.1, 0.15) is 38.7 Å². The summed E-state index contributed by atoms with van der Waals surface area (Å²) in [7, 11) is -3.07. The van der Waals surface area contributed by atoms with Gasteiger partial charge >= 0.3 is 0 Å². The normalized spacial score (nSPS) is 14.4. The van der Waals surface area contributed by atoms with Crippen molar-refractivity contribution in [3.05, 3.63) is 34.9 Å². The molecular formula is C14H20BrClO2S. The fourth-order valence-electron chi connectivity index (χ4n) is 1.70. The molecule has 0 spiro atoms. The third-order valence-electron chi connectivity index (χ3n) is 3.17. The van der Waals surface area contributed by atoms with Gasteiger partial charge in [0.25, 0.3) is 0 Å². The van der Waals surface area contributed by atoms with Crippen molar-refractivity contribution in [2.24, 2.45) is 0 Å². The number of halogens is 2. The Hall–Kier alpha value is -0.0600. The van der Waals surface area contributed by atoms with Gasteiger partial charge < -0.3 is 0 Å². The quantitative estimate of drug-likeness (QED) is 0.722. The molecule has 1 rings (SSSR count). The van der Waals surface area contributed by atoms with Gasteiger partial charge in [-0.25, -0.2) is 8.42 Å². The van der Waals surface area contributed by atoms with Gasteiger partial charge in [-0.2, -0.15) is 0 Å². The lowest BCUT2D eigenvalue weighted by molar-refractivity contribution is 0.554. The van der Waals surface area contributed by atoms with E-state index in [-0.39, 0.29) is 11.7 Å². The Labute approximate surface area is 129 Å². The summed E-state index contributed by atoms with van der Waals surface area (Å²) in [6.07, 6.45) is 0.602. The van der Waals surface area contributed by atoms with Gasteiger partial charge in [0.2, 0.25) is 0 Å². The molecule has 5 heteroatoms. The molecule has 0 aliphatic rings. The van der Waals surface area contributed by atoms with Crippen molar-refractivity contribution in [3.63, 3.8) is 0 Å². The molecule has 0 N–H and O–H groups in total. The molecule has 0 aliphatic carbocycles. The smallest absolute Gasteiger partial charge is 0.155 e. The van der Waals surface area contributed by atoms with Gasteiger partial charge in [-0.15, -0.1) is 0 Å². The minimum atomic E-state index is -3.07. The van der Waals surface area contributed by atoms with E-state index in [1.54, 1.807) is 20.8 Å². The van der Waals surface area contributed by atoms with Crippen molar-refractivity contribution in [2.45, 2.75) is 37.9 Å². The van der Waals surface area contributed by atoms with Gasteiger partial charge in [-0.05, 0) is 50.8 Å². The molecule has 2 nitrogen and oxygen atoms in total. The van der Waals surface area contributed by atoms with Crippen molar-refractivity contribution < 1.29 is 8.42 Å². The van der Waals surface area contributed by atoms with Crippen LogP contribution in [0.2, 0.25) is 5.02 Å². The molecule has 108 valence electrons. The number of hydrogen-bond acceptors (Lipinski definition) is 2. The summed E-state index contributed by atoms with van der Waals surface area (Å²) < 4.78 is 23.6. The molecule has 1 atom stereocenters. The Bertz CT molecular complexity index is 520. The third-order valence-corrected chi connectivity index (χ3v) is 6.83. The average Bonchev–Trinajstić information content (AvgIpc) is 2.28. The molecule has 0 fully saturated rings. The fraction of sp³-hybridized carbons (Fsp3) is 0.571. The predicted octanol–water partition coefficient (Wildman–Crippen LogP) is 4.42. The van der Waals surface area contributed by atoms with E-state index >= 15 is 0 Å². The van der Waals surface area contributed by atoms with Gasteiger partial charge in [0.15, 0.2) is 9.84 Å². The molecule has 0 aliphatic heterocycles. The van der Waals surface area contributed by atoms with Crippen LogP contribution in [0.4, 0.5) is 0 Å². The van der Waals surface area contributed by atoms with Crippen LogP contribution in [0.25, 0.3) is 0 Å². The highest BCUT2D eigenvalue weighted by Crippen LogP contribution is 2.27. The van der Waals surface area contributed by atoms with Gasteiger partial charge in [0.05, 0.1) is 10.5 Å². The first-order chi connectivity index (χ1) is 8.67. The molecule has 1 aromatic carbocycles. The molecule has 0 saturated heterocycles. The summed E-state index contributed by atoms with van der Waals surface area (Å²) in [5.41, 5.74) is 1.08.